The Morgan fingerprint density at radius 1 is 0.864 bits per heavy atom. The van der Waals surface area contributed by atoms with Gasteiger partial charge in [-0.2, -0.15) is 0 Å². The maximum absolute atomic E-state index is 10.1. The van der Waals surface area contributed by atoms with Crippen LogP contribution in [0.25, 0.3) is 0 Å². The highest BCUT2D eigenvalue weighted by Gasteiger charge is 2.59. The lowest BCUT2D eigenvalue weighted by atomic mass is 9.45. The first-order chi connectivity index (χ1) is 10.5. The number of aliphatic hydroxyl groups is 1. The first-order valence-electron chi connectivity index (χ1n) is 9.84. The third kappa shape index (κ3) is 1.99. The van der Waals surface area contributed by atoms with Gasteiger partial charge in [-0.25, -0.2) is 0 Å². The van der Waals surface area contributed by atoms with Crippen molar-refractivity contribution in [2.24, 2.45) is 34.5 Å². The molecule has 0 spiro atoms. The van der Waals surface area contributed by atoms with E-state index in [2.05, 4.69) is 26.2 Å². The van der Waals surface area contributed by atoms with E-state index in [4.69, 9.17) is 0 Å². The number of nitrogens with one attached hydrogen (secondary N) is 1. The van der Waals surface area contributed by atoms with Crippen LogP contribution in [-0.2, 0) is 0 Å². The van der Waals surface area contributed by atoms with Gasteiger partial charge in [0.25, 0.3) is 0 Å². The summed E-state index contributed by atoms with van der Waals surface area (Å²) in [4.78, 5) is 0. The summed E-state index contributed by atoms with van der Waals surface area (Å²) in [7, 11) is 2.17. The quantitative estimate of drug-likeness (QED) is 0.768. The van der Waals surface area contributed by atoms with Gasteiger partial charge in [0, 0.05) is 6.04 Å². The first kappa shape index (κ1) is 15.4. The topological polar surface area (TPSA) is 32.3 Å². The third-order valence-corrected chi connectivity index (χ3v) is 8.99. The standard InChI is InChI=1S/C20H35NO/c1-19-10-8-14(22)12-13(19)4-5-15-16-6-7-18(21-3)20(16,2)11-9-17(15)19/h13-18,21-22H,4-12H2,1-3H3/t13-,14+,15-,16-,17-,18+,19-,20-/m0/s1. The summed E-state index contributed by atoms with van der Waals surface area (Å²) < 4.78 is 0. The van der Waals surface area contributed by atoms with E-state index >= 15 is 0 Å². The highest BCUT2D eigenvalue weighted by atomic mass is 16.3. The summed E-state index contributed by atoms with van der Waals surface area (Å²) >= 11 is 0. The second-order valence-electron chi connectivity index (χ2n) is 9.55. The molecule has 2 N–H and O–H groups in total. The van der Waals surface area contributed by atoms with Crippen LogP contribution in [0.5, 0.6) is 0 Å². The zero-order valence-corrected chi connectivity index (χ0v) is 14.8. The molecule has 2 nitrogen and oxygen atoms in total. The van der Waals surface area contributed by atoms with Crippen molar-refractivity contribution in [2.45, 2.75) is 83.8 Å². The van der Waals surface area contributed by atoms with Crippen molar-refractivity contribution < 1.29 is 5.11 Å². The lowest BCUT2D eigenvalue weighted by Crippen LogP contribution is -2.55. The van der Waals surface area contributed by atoms with Gasteiger partial charge in [0.15, 0.2) is 0 Å². The molecule has 4 fully saturated rings. The number of aliphatic hydroxyl groups excluding tert-OH is 1. The average molecular weight is 306 g/mol. The van der Waals surface area contributed by atoms with Crippen molar-refractivity contribution in [3.63, 3.8) is 0 Å². The smallest absolute Gasteiger partial charge is 0.0543 e. The second kappa shape index (κ2) is 5.21. The summed E-state index contributed by atoms with van der Waals surface area (Å²) in [5, 5.41) is 13.7. The van der Waals surface area contributed by atoms with Gasteiger partial charge in [-0.3, -0.25) is 0 Å². The van der Waals surface area contributed by atoms with Crippen molar-refractivity contribution in [3.8, 4) is 0 Å². The fourth-order valence-electron chi connectivity index (χ4n) is 7.71. The van der Waals surface area contributed by atoms with Gasteiger partial charge in [-0.05, 0) is 99.3 Å². The van der Waals surface area contributed by atoms with E-state index in [0.717, 1.165) is 42.6 Å². The number of fused-ring (bicyclic) bond motifs is 5. The van der Waals surface area contributed by atoms with Crippen molar-refractivity contribution in [3.05, 3.63) is 0 Å². The third-order valence-electron chi connectivity index (χ3n) is 8.99. The van der Waals surface area contributed by atoms with Crippen molar-refractivity contribution in [1.29, 1.82) is 0 Å². The molecule has 0 aromatic carbocycles. The van der Waals surface area contributed by atoms with E-state index in [1.807, 2.05) is 0 Å². The molecule has 0 unspecified atom stereocenters. The second-order valence-corrected chi connectivity index (χ2v) is 9.55. The van der Waals surface area contributed by atoms with Gasteiger partial charge in [-0.15, -0.1) is 0 Å². The maximum atomic E-state index is 10.1. The summed E-state index contributed by atoms with van der Waals surface area (Å²) in [5.74, 6) is 3.65. The van der Waals surface area contributed by atoms with Crippen LogP contribution in [0.3, 0.4) is 0 Å². The molecule has 4 rings (SSSR count). The molecule has 4 aliphatic rings. The maximum Gasteiger partial charge on any atom is 0.0543 e. The summed E-state index contributed by atoms with van der Waals surface area (Å²) in [6.07, 6.45) is 11.9. The monoisotopic (exact) mass is 305 g/mol. The molecule has 0 aromatic heterocycles. The number of rotatable bonds is 1. The molecular formula is C20H35NO. The molecule has 0 aromatic rings. The Labute approximate surface area is 136 Å². The van der Waals surface area contributed by atoms with Gasteiger partial charge >= 0.3 is 0 Å². The fraction of sp³-hybridized carbons (Fsp3) is 1.00. The molecule has 4 saturated carbocycles. The van der Waals surface area contributed by atoms with E-state index in [1.165, 1.54) is 44.9 Å². The average Bonchev–Trinajstić information content (AvgIpc) is 2.84. The van der Waals surface area contributed by atoms with Gasteiger partial charge < -0.3 is 10.4 Å². The van der Waals surface area contributed by atoms with Crippen molar-refractivity contribution in [2.75, 3.05) is 7.05 Å². The van der Waals surface area contributed by atoms with Gasteiger partial charge in [0.1, 0.15) is 0 Å². The zero-order valence-electron chi connectivity index (χ0n) is 14.8. The van der Waals surface area contributed by atoms with Crippen LogP contribution < -0.4 is 5.32 Å². The van der Waals surface area contributed by atoms with Crippen LogP contribution in [0.15, 0.2) is 0 Å². The Hall–Kier alpha value is -0.0800. The molecule has 0 heterocycles. The Bertz CT molecular complexity index is 437. The molecule has 126 valence electrons. The predicted octanol–water partition coefficient (Wildman–Crippen LogP) is 3.98. The summed E-state index contributed by atoms with van der Waals surface area (Å²) in [5.41, 5.74) is 1.08. The van der Waals surface area contributed by atoms with Gasteiger partial charge in [-0.1, -0.05) is 13.8 Å². The van der Waals surface area contributed by atoms with E-state index in [1.54, 1.807) is 0 Å². The molecule has 0 aliphatic heterocycles. The minimum Gasteiger partial charge on any atom is -0.393 e. The minimum atomic E-state index is -0.0105. The van der Waals surface area contributed by atoms with E-state index in [-0.39, 0.29) is 6.10 Å². The van der Waals surface area contributed by atoms with E-state index in [0.29, 0.717) is 10.8 Å². The van der Waals surface area contributed by atoms with Crippen LogP contribution in [0.4, 0.5) is 0 Å². The molecule has 8 atom stereocenters. The minimum absolute atomic E-state index is 0.0105. The highest BCUT2D eigenvalue weighted by molar-refractivity contribution is 5.10. The largest absolute Gasteiger partial charge is 0.393 e. The molecule has 0 bridgehead atoms. The molecule has 22 heavy (non-hydrogen) atoms. The SMILES string of the molecule is CN[C@@H]1CC[C@H]2[C@@H]3CC[C@H]4C[C@H](O)CC[C@]4(C)[C@H]3CC[C@]12C. The first-order valence-corrected chi connectivity index (χ1v) is 9.84. The molecule has 0 radical (unpaired) electrons. The molecule has 0 saturated heterocycles. The number of hydrogen-bond donors (Lipinski definition) is 2. The zero-order chi connectivity index (χ0) is 15.5. The van der Waals surface area contributed by atoms with E-state index in [9.17, 15) is 5.11 Å². The highest BCUT2D eigenvalue weighted by Crippen LogP contribution is 2.66. The van der Waals surface area contributed by atoms with Crippen LogP contribution in [0, 0.1) is 34.5 Å². The number of hydrogen-bond acceptors (Lipinski definition) is 2. The van der Waals surface area contributed by atoms with Crippen molar-refractivity contribution >= 4 is 0 Å². The predicted molar refractivity (Wildman–Crippen MR) is 90.6 cm³/mol. The van der Waals surface area contributed by atoms with Gasteiger partial charge in [0.2, 0.25) is 0 Å². The Morgan fingerprint density at radius 2 is 1.59 bits per heavy atom. The van der Waals surface area contributed by atoms with E-state index < -0.39 is 0 Å². The lowest BCUT2D eigenvalue weighted by Gasteiger charge is -2.61. The summed E-state index contributed by atoms with van der Waals surface area (Å²) in [6.45, 7) is 5.18. The normalized spacial score (nSPS) is 57.8. The van der Waals surface area contributed by atoms with Crippen LogP contribution in [-0.4, -0.2) is 24.3 Å². The van der Waals surface area contributed by atoms with Crippen LogP contribution in [0.1, 0.15) is 71.6 Å². The van der Waals surface area contributed by atoms with Crippen LogP contribution >= 0.6 is 0 Å². The van der Waals surface area contributed by atoms with Crippen LogP contribution in [0.2, 0.25) is 0 Å². The molecule has 0 amide bonds. The molecule has 2 heteroatoms. The Kier molecular flexibility index (Phi) is 3.66. The molecular weight excluding hydrogens is 270 g/mol. The summed E-state index contributed by atoms with van der Waals surface area (Å²) in [6, 6.07) is 0.747. The Balaban J connectivity index is 1.61. The fourth-order valence-corrected chi connectivity index (χ4v) is 7.71. The Morgan fingerprint density at radius 3 is 2.36 bits per heavy atom. The lowest BCUT2D eigenvalue weighted by molar-refractivity contribution is -0.123. The molecule has 4 aliphatic carbocycles. The van der Waals surface area contributed by atoms with Gasteiger partial charge in [0.05, 0.1) is 6.10 Å². The van der Waals surface area contributed by atoms with Crippen molar-refractivity contribution in [1.82, 2.24) is 5.32 Å².